The van der Waals surface area contributed by atoms with Crippen LogP contribution in [0.25, 0.3) is 0 Å². The molecule has 10 nitrogen and oxygen atoms in total. The smallest absolute Gasteiger partial charge is 0.314 e. The SMILES string of the molecule is COC(=O)[C@@H]1[C@@H](c2cccc(OC)c2[N+](=O)[O-])[C@H](C#N)C(=O)NC1(C)O. The van der Waals surface area contributed by atoms with Gasteiger partial charge in [0.15, 0.2) is 5.75 Å². The summed E-state index contributed by atoms with van der Waals surface area (Å²) < 4.78 is 9.71. The molecule has 1 unspecified atom stereocenters. The molecular formula is C16H17N3O7. The van der Waals surface area contributed by atoms with Crippen molar-refractivity contribution in [2.45, 2.75) is 18.6 Å². The first-order valence-corrected chi connectivity index (χ1v) is 7.52. The van der Waals surface area contributed by atoms with Gasteiger partial charge in [-0.1, -0.05) is 12.1 Å². The number of hydrogen-bond donors (Lipinski definition) is 2. The van der Waals surface area contributed by atoms with Crippen LogP contribution in [0.4, 0.5) is 5.69 Å². The number of nitrogens with zero attached hydrogens (tertiary/aromatic N) is 2. The number of methoxy groups -OCH3 is 2. The summed E-state index contributed by atoms with van der Waals surface area (Å²) in [6.07, 6.45) is 0. The Labute approximate surface area is 148 Å². The number of amides is 1. The second-order valence-corrected chi connectivity index (χ2v) is 5.93. The topological polar surface area (TPSA) is 152 Å². The fraction of sp³-hybridized carbons (Fsp3) is 0.438. The van der Waals surface area contributed by atoms with Crippen molar-refractivity contribution in [3.63, 3.8) is 0 Å². The van der Waals surface area contributed by atoms with Gasteiger partial charge in [-0.3, -0.25) is 19.7 Å². The molecule has 0 radical (unpaired) electrons. The van der Waals surface area contributed by atoms with Gasteiger partial charge in [-0.15, -0.1) is 0 Å². The monoisotopic (exact) mass is 363 g/mol. The number of ether oxygens (including phenoxy) is 2. The molecule has 2 rings (SSSR count). The number of carbonyl (C=O) groups excluding carboxylic acids is 2. The van der Waals surface area contributed by atoms with E-state index in [1.807, 2.05) is 0 Å². The van der Waals surface area contributed by atoms with E-state index in [9.17, 15) is 30.1 Å². The maximum atomic E-state index is 12.3. The molecule has 1 aromatic rings. The highest BCUT2D eigenvalue weighted by Gasteiger charge is 2.56. The number of nitrogens with one attached hydrogen (secondary N) is 1. The van der Waals surface area contributed by atoms with Crippen molar-refractivity contribution in [3.8, 4) is 11.8 Å². The summed E-state index contributed by atoms with van der Waals surface area (Å²) in [5.74, 6) is -6.08. The highest BCUT2D eigenvalue weighted by atomic mass is 16.6. The first kappa shape index (κ1) is 19.1. The number of piperidine rings is 1. The van der Waals surface area contributed by atoms with Gasteiger partial charge < -0.3 is 19.9 Å². The lowest BCUT2D eigenvalue weighted by Crippen LogP contribution is -2.63. The largest absolute Gasteiger partial charge is 0.490 e. The van der Waals surface area contributed by atoms with Gasteiger partial charge in [-0.2, -0.15) is 5.26 Å². The summed E-state index contributed by atoms with van der Waals surface area (Å²) in [6.45, 7) is 1.17. The number of rotatable bonds is 4. The summed E-state index contributed by atoms with van der Waals surface area (Å²) >= 11 is 0. The summed E-state index contributed by atoms with van der Waals surface area (Å²) in [4.78, 5) is 35.5. The van der Waals surface area contributed by atoms with Crippen LogP contribution in [-0.2, 0) is 14.3 Å². The van der Waals surface area contributed by atoms with E-state index in [1.54, 1.807) is 6.07 Å². The summed E-state index contributed by atoms with van der Waals surface area (Å²) in [5.41, 5.74) is -2.63. The van der Waals surface area contributed by atoms with Gasteiger partial charge in [0.05, 0.1) is 25.2 Å². The second kappa shape index (κ2) is 6.97. The number of nitro benzene ring substituents is 1. The Balaban J connectivity index is 2.80. The zero-order valence-electron chi connectivity index (χ0n) is 14.3. The minimum absolute atomic E-state index is 0.0774. The van der Waals surface area contributed by atoms with Crippen molar-refractivity contribution in [2.75, 3.05) is 14.2 Å². The van der Waals surface area contributed by atoms with Crippen molar-refractivity contribution >= 4 is 17.6 Å². The maximum absolute atomic E-state index is 12.3. The standard InChI is InChI=1S/C16H17N3O7/c1-16(22)12(15(21)26-3)11(9(7-17)14(20)18-16)8-5-4-6-10(25-2)13(8)19(23)24/h4-6,9,11-12,22H,1-3H3,(H,18,20)/t9-,11-,12-,16?/m0/s1. The number of carbonyl (C=O) groups is 2. The van der Waals surface area contributed by atoms with E-state index in [0.717, 1.165) is 7.11 Å². The number of esters is 1. The molecule has 1 fully saturated rings. The molecule has 0 bridgehead atoms. The molecule has 1 aliphatic rings. The van der Waals surface area contributed by atoms with Gasteiger partial charge in [-0.05, 0) is 13.0 Å². The average molecular weight is 363 g/mol. The van der Waals surface area contributed by atoms with E-state index in [-0.39, 0.29) is 11.3 Å². The second-order valence-electron chi connectivity index (χ2n) is 5.93. The van der Waals surface area contributed by atoms with Crippen molar-refractivity contribution in [2.24, 2.45) is 11.8 Å². The van der Waals surface area contributed by atoms with Crippen LogP contribution in [0.1, 0.15) is 18.4 Å². The molecule has 1 aromatic carbocycles. The average Bonchev–Trinajstić information content (AvgIpc) is 2.58. The van der Waals surface area contributed by atoms with Crippen molar-refractivity contribution in [1.29, 1.82) is 5.26 Å². The Morgan fingerprint density at radius 1 is 1.46 bits per heavy atom. The third kappa shape index (κ3) is 3.04. The number of nitriles is 1. The van der Waals surface area contributed by atoms with Gasteiger partial charge in [0, 0.05) is 11.5 Å². The van der Waals surface area contributed by atoms with E-state index in [2.05, 4.69) is 5.32 Å². The molecule has 10 heteroatoms. The van der Waals surface area contributed by atoms with Gasteiger partial charge in [0.25, 0.3) is 0 Å². The third-order valence-electron chi connectivity index (χ3n) is 4.37. The van der Waals surface area contributed by atoms with E-state index >= 15 is 0 Å². The Morgan fingerprint density at radius 3 is 2.62 bits per heavy atom. The minimum atomic E-state index is -2.07. The van der Waals surface area contributed by atoms with Crippen LogP contribution in [0.3, 0.4) is 0 Å². The number of aliphatic hydroxyl groups is 1. The number of hydrogen-bond acceptors (Lipinski definition) is 8. The fourth-order valence-corrected chi connectivity index (χ4v) is 3.28. The Morgan fingerprint density at radius 2 is 2.12 bits per heavy atom. The highest BCUT2D eigenvalue weighted by Crippen LogP contribution is 2.47. The number of para-hydroxylation sites is 1. The predicted octanol–water partition coefficient (Wildman–Crippen LogP) is 0.454. The Hall–Kier alpha value is -3.19. The van der Waals surface area contributed by atoms with E-state index in [0.29, 0.717) is 0 Å². The molecule has 138 valence electrons. The predicted molar refractivity (Wildman–Crippen MR) is 85.8 cm³/mol. The molecule has 0 spiro atoms. The molecule has 0 aromatic heterocycles. The van der Waals surface area contributed by atoms with Crippen molar-refractivity contribution in [1.82, 2.24) is 5.32 Å². The lowest BCUT2D eigenvalue weighted by atomic mass is 9.69. The van der Waals surface area contributed by atoms with Crippen LogP contribution in [0, 0.1) is 33.3 Å². The van der Waals surface area contributed by atoms with Crippen molar-refractivity contribution in [3.05, 3.63) is 33.9 Å². The summed E-state index contributed by atoms with van der Waals surface area (Å²) in [5, 5.41) is 33.8. The molecule has 2 N–H and O–H groups in total. The quantitative estimate of drug-likeness (QED) is 0.444. The molecule has 4 atom stereocenters. The molecule has 0 aliphatic carbocycles. The van der Waals surface area contributed by atoms with Crippen molar-refractivity contribution < 1.29 is 29.1 Å². The van der Waals surface area contributed by atoms with Crippen LogP contribution >= 0.6 is 0 Å². The lowest BCUT2D eigenvalue weighted by molar-refractivity contribution is -0.386. The van der Waals surface area contributed by atoms with Gasteiger partial charge in [0.2, 0.25) is 5.91 Å². The Bertz CT molecular complexity index is 800. The Kier molecular flexibility index (Phi) is 5.13. The molecule has 1 amide bonds. The molecule has 26 heavy (non-hydrogen) atoms. The van der Waals surface area contributed by atoms with Crippen LogP contribution in [-0.4, -0.2) is 41.9 Å². The first-order chi connectivity index (χ1) is 12.2. The highest BCUT2D eigenvalue weighted by molar-refractivity contribution is 5.88. The van der Waals surface area contributed by atoms with E-state index < -0.39 is 46.0 Å². The van der Waals surface area contributed by atoms with Crippen LogP contribution in [0.2, 0.25) is 0 Å². The van der Waals surface area contributed by atoms with Gasteiger partial charge >= 0.3 is 11.7 Å². The zero-order valence-corrected chi connectivity index (χ0v) is 14.3. The summed E-state index contributed by atoms with van der Waals surface area (Å²) in [6, 6.07) is 5.86. The number of benzene rings is 1. The van der Waals surface area contributed by atoms with E-state index in [1.165, 1.54) is 32.2 Å². The normalized spacial score (nSPS) is 27.8. The molecule has 0 saturated carbocycles. The molecule has 1 saturated heterocycles. The molecule has 1 aliphatic heterocycles. The minimum Gasteiger partial charge on any atom is -0.490 e. The zero-order chi connectivity index (χ0) is 19.6. The van der Waals surface area contributed by atoms with Crippen LogP contribution < -0.4 is 10.1 Å². The number of nitro groups is 1. The van der Waals surface area contributed by atoms with Crippen LogP contribution in [0.15, 0.2) is 18.2 Å². The van der Waals surface area contributed by atoms with Gasteiger partial charge in [0.1, 0.15) is 17.6 Å². The van der Waals surface area contributed by atoms with E-state index in [4.69, 9.17) is 9.47 Å². The maximum Gasteiger partial charge on any atom is 0.314 e. The molecule has 1 heterocycles. The fourth-order valence-electron chi connectivity index (χ4n) is 3.28. The van der Waals surface area contributed by atoms with Gasteiger partial charge in [-0.25, -0.2) is 0 Å². The summed E-state index contributed by atoms with van der Waals surface area (Å²) in [7, 11) is 2.31. The van der Waals surface area contributed by atoms with Crippen LogP contribution in [0.5, 0.6) is 5.75 Å². The lowest BCUT2D eigenvalue weighted by Gasteiger charge is -2.42. The third-order valence-corrected chi connectivity index (χ3v) is 4.37. The molecular weight excluding hydrogens is 346 g/mol. The first-order valence-electron chi connectivity index (χ1n) is 7.52.